The molecule has 3 aromatic rings. The van der Waals surface area contributed by atoms with Crippen molar-refractivity contribution in [2.75, 3.05) is 20.3 Å². The van der Waals surface area contributed by atoms with Gasteiger partial charge in [-0.3, -0.25) is 4.68 Å². The summed E-state index contributed by atoms with van der Waals surface area (Å²) in [6.45, 7) is 3.39. The first kappa shape index (κ1) is 24.0. The van der Waals surface area contributed by atoms with E-state index in [0.717, 1.165) is 61.0 Å². The van der Waals surface area contributed by atoms with Crippen LogP contribution in [-0.2, 0) is 22.5 Å². The van der Waals surface area contributed by atoms with Crippen LogP contribution in [0.2, 0.25) is 0 Å². The third-order valence-corrected chi connectivity index (χ3v) is 6.65. The average molecular weight is 464 g/mol. The van der Waals surface area contributed by atoms with E-state index in [4.69, 9.17) is 19.7 Å². The summed E-state index contributed by atoms with van der Waals surface area (Å²) in [5.41, 5.74) is 5.51. The van der Waals surface area contributed by atoms with Crippen LogP contribution in [0.5, 0.6) is 5.88 Å². The van der Waals surface area contributed by atoms with Crippen LogP contribution in [0, 0.1) is 11.8 Å². The van der Waals surface area contributed by atoms with Crippen LogP contribution in [0.4, 0.5) is 0 Å². The van der Waals surface area contributed by atoms with E-state index in [0.29, 0.717) is 24.3 Å². The van der Waals surface area contributed by atoms with E-state index >= 15 is 0 Å². The largest absolute Gasteiger partial charge is 0.481 e. The molecule has 2 heterocycles. The Balaban J connectivity index is 1.58. The number of hydrogen-bond donors (Lipinski definition) is 1. The number of hydrogen-bond acceptors (Lipinski definition) is 5. The molecule has 2 aromatic heterocycles. The Morgan fingerprint density at radius 2 is 1.82 bits per heavy atom. The lowest BCUT2D eigenvalue weighted by molar-refractivity contribution is -0.142. The van der Waals surface area contributed by atoms with Crippen LogP contribution in [0.3, 0.4) is 0 Å². The van der Waals surface area contributed by atoms with Crippen LogP contribution in [0.1, 0.15) is 38.3 Å². The number of carboxylic acid groups (broad SMARTS) is 1. The fourth-order valence-corrected chi connectivity index (χ4v) is 4.92. The maximum atomic E-state index is 10.7. The number of carbonyl (C=O) groups is 1. The number of aliphatic carboxylic acids is 1. The maximum Gasteiger partial charge on any atom is 0.329 e. The molecule has 1 fully saturated rings. The number of nitrogens with zero attached hydrogens (tertiary/aromatic N) is 3. The molecular formula is C27H33N3O4. The van der Waals surface area contributed by atoms with Gasteiger partial charge in [-0.05, 0) is 55.6 Å². The molecule has 180 valence electrons. The first-order valence-corrected chi connectivity index (χ1v) is 12.0. The van der Waals surface area contributed by atoms with Gasteiger partial charge in [0.25, 0.3) is 0 Å². The van der Waals surface area contributed by atoms with Gasteiger partial charge in [-0.1, -0.05) is 37.3 Å². The van der Waals surface area contributed by atoms with Crippen molar-refractivity contribution >= 4 is 5.97 Å². The van der Waals surface area contributed by atoms with Crippen LogP contribution in [0.25, 0.3) is 22.4 Å². The van der Waals surface area contributed by atoms with Gasteiger partial charge < -0.3 is 14.6 Å². The van der Waals surface area contributed by atoms with Gasteiger partial charge in [-0.2, -0.15) is 5.10 Å². The summed E-state index contributed by atoms with van der Waals surface area (Å²) in [7, 11) is 1.64. The van der Waals surface area contributed by atoms with Crippen molar-refractivity contribution < 1.29 is 19.4 Å². The Labute approximate surface area is 200 Å². The van der Waals surface area contributed by atoms with Crippen LogP contribution >= 0.6 is 0 Å². The molecule has 0 bridgehead atoms. The molecule has 0 spiro atoms. The molecule has 1 N–H and O–H groups in total. The highest BCUT2D eigenvalue weighted by Gasteiger charge is 2.25. The van der Waals surface area contributed by atoms with Gasteiger partial charge >= 0.3 is 5.97 Å². The number of ether oxygens (including phenoxy) is 2. The molecule has 1 saturated carbocycles. The summed E-state index contributed by atoms with van der Waals surface area (Å²) < 4.78 is 12.9. The van der Waals surface area contributed by atoms with E-state index in [2.05, 4.69) is 28.7 Å². The molecule has 4 rings (SSSR count). The first-order chi connectivity index (χ1) is 16.6. The smallest absolute Gasteiger partial charge is 0.329 e. The van der Waals surface area contributed by atoms with Crippen molar-refractivity contribution in [1.29, 1.82) is 0 Å². The van der Waals surface area contributed by atoms with Crippen molar-refractivity contribution in [3.05, 3.63) is 54.4 Å². The molecule has 0 unspecified atom stereocenters. The second-order valence-corrected chi connectivity index (χ2v) is 8.95. The fourth-order valence-electron chi connectivity index (χ4n) is 4.92. The molecular weight excluding hydrogens is 430 g/mol. The normalized spacial score (nSPS) is 18.1. The first-order valence-electron chi connectivity index (χ1n) is 12.0. The lowest BCUT2D eigenvalue weighted by atomic mass is 9.82. The molecule has 7 nitrogen and oxygen atoms in total. The molecule has 1 aliphatic carbocycles. The van der Waals surface area contributed by atoms with Gasteiger partial charge in [0.2, 0.25) is 5.88 Å². The van der Waals surface area contributed by atoms with Crippen molar-refractivity contribution in [1.82, 2.24) is 14.8 Å². The number of rotatable bonds is 10. The molecule has 0 radical (unpaired) electrons. The van der Waals surface area contributed by atoms with E-state index < -0.39 is 5.97 Å². The highest BCUT2D eigenvalue weighted by atomic mass is 16.5. The monoisotopic (exact) mass is 463 g/mol. The number of pyridine rings is 1. The molecule has 0 atom stereocenters. The molecule has 0 aliphatic heterocycles. The SMILES string of the molecule is CCc1c(-c2ccnc(OC)c2)c(-c2ccccc2)nn1CC1CCC(COCC(=O)O)CC1. The Bertz CT molecular complexity index is 1090. The molecule has 0 saturated heterocycles. The van der Waals surface area contributed by atoms with Crippen LogP contribution in [0.15, 0.2) is 48.7 Å². The van der Waals surface area contributed by atoms with Crippen molar-refractivity contribution in [2.45, 2.75) is 45.6 Å². The van der Waals surface area contributed by atoms with Gasteiger partial charge in [0.15, 0.2) is 0 Å². The van der Waals surface area contributed by atoms with Gasteiger partial charge in [0.1, 0.15) is 12.3 Å². The summed E-state index contributed by atoms with van der Waals surface area (Å²) in [6, 6.07) is 14.3. The van der Waals surface area contributed by atoms with Crippen molar-refractivity contribution in [3.8, 4) is 28.3 Å². The predicted molar refractivity (Wildman–Crippen MR) is 131 cm³/mol. The summed E-state index contributed by atoms with van der Waals surface area (Å²) in [5, 5.41) is 13.9. The van der Waals surface area contributed by atoms with E-state index in [9.17, 15) is 4.79 Å². The zero-order chi connectivity index (χ0) is 23.9. The van der Waals surface area contributed by atoms with Crippen LogP contribution < -0.4 is 4.74 Å². The quantitative estimate of drug-likeness (QED) is 0.451. The van der Waals surface area contributed by atoms with E-state index in [1.165, 1.54) is 5.69 Å². The zero-order valence-corrected chi connectivity index (χ0v) is 19.9. The third kappa shape index (κ3) is 5.65. The minimum absolute atomic E-state index is 0.210. The van der Waals surface area contributed by atoms with Gasteiger partial charge in [-0.25, -0.2) is 9.78 Å². The highest BCUT2D eigenvalue weighted by molar-refractivity contribution is 5.83. The van der Waals surface area contributed by atoms with E-state index in [1.807, 2.05) is 30.3 Å². The Morgan fingerprint density at radius 3 is 2.50 bits per heavy atom. The second-order valence-electron chi connectivity index (χ2n) is 8.95. The minimum Gasteiger partial charge on any atom is -0.481 e. The van der Waals surface area contributed by atoms with Crippen molar-refractivity contribution in [3.63, 3.8) is 0 Å². The topological polar surface area (TPSA) is 86.5 Å². The summed E-state index contributed by atoms with van der Waals surface area (Å²) in [6.07, 6.45) is 6.98. The van der Waals surface area contributed by atoms with E-state index in [-0.39, 0.29) is 6.61 Å². The Kier molecular flexibility index (Phi) is 7.95. The predicted octanol–water partition coefficient (Wildman–Crippen LogP) is 5.09. The molecule has 1 aromatic carbocycles. The van der Waals surface area contributed by atoms with Gasteiger partial charge in [0, 0.05) is 35.6 Å². The van der Waals surface area contributed by atoms with E-state index in [1.54, 1.807) is 13.3 Å². The number of aromatic nitrogens is 3. The van der Waals surface area contributed by atoms with Gasteiger partial charge in [-0.15, -0.1) is 0 Å². The second kappa shape index (κ2) is 11.3. The van der Waals surface area contributed by atoms with Gasteiger partial charge in [0.05, 0.1) is 13.7 Å². The molecule has 1 aliphatic rings. The molecule has 34 heavy (non-hydrogen) atoms. The third-order valence-electron chi connectivity index (χ3n) is 6.65. The molecule has 7 heteroatoms. The number of benzene rings is 1. The minimum atomic E-state index is -0.906. The Hall–Kier alpha value is -3.19. The summed E-state index contributed by atoms with van der Waals surface area (Å²) in [5.74, 6) is 0.675. The fraction of sp³-hybridized carbons (Fsp3) is 0.444. The number of methoxy groups -OCH3 is 1. The lowest BCUT2D eigenvalue weighted by Crippen LogP contribution is -2.23. The summed E-state index contributed by atoms with van der Waals surface area (Å²) in [4.78, 5) is 15.0. The Morgan fingerprint density at radius 1 is 1.09 bits per heavy atom. The standard InChI is InChI=1S/C27H33N3O4/c1-3-23-26(22-13-14-28-24(15-22)33-2)27(21-7-5-4-6-8-21)29-30(23)16-19-9-11-20(12-10-19)17-34-18-25(31)32/h4-8,13-15,19-20H,3,9-12,16-18H2,1-2H3,(H,31,32). The molecule has 0 amide bonds. The number of carboxylic acids is 1. The highest BCUT2D eigenvalue weighted by Crippen LogP contribution is 2.37. The zero-order valence-electron chi connectivity index (χ0n) is 19.9. The van der Waals surface area contributed by atoms with Crippen molar-refractivity contribution in [2.24, 2.45) is 11.8 Å². The lowest BCUT2D eigenvalue weighted by Gasteiger charge is -2.28. The maximum absolute atomic E-state index is 10.7. The van der Waals surface area contributed by atoms with Crippen LogP contribution in [-0.4, -0.2) is 46.2 Å². The average Bonchev–Trinajstić information content (AvgIpc) is 3.23. The summed E-state index contributed by atoms with van der Waals surface area (Å²) >= 11 is 0.